The lowest BCUT2D eigenvalue weighted by Gasteiger charge is -2.09. The Morgan fingerprint density at radius 1 is 0.938 bits per heavy atom. The summed E-state index contributed by atoms with van der Waals surface area (Å²) in [4.78, 5) is 0. The molecule has 0 spiro atoms. The van der Waals surface area contributed by atoms with Gasteiger partial charge >= 0.3 is 0 Å². The van der Waals surface area contributed by atoms with Crippen LogP contribution < -0.4 is 0 Å². The van der Waals surface area contributed by atoms with Crippen molar-refractivity contribution in [2.75, 3.05) is 0 Å². The highest BCUT2D eigenvalue weighted by Gasteiger charge is 2.05. The molecule has 0 aliphatic carbocycles. The van der Waals surface area contributed by atoms with E-state index in [4.69, 9.17) is 0 Å². The number of aryl methyl sites for hydroxylation is 1. The summed E-state index contributed by atoms with van der Waals surface area (Å²) in [5.41, 5.74) is 4.79. The zero-order valence-electron chi connectivity index (χ0n) is 9.18. The van der Waals surface area contributed by atoms with E-state index >= 15 is 0 Å². The summed E-state index contributed by atoms with van der Waals surface area (Å²) in [6.45, 7) is 2.10. The van der Waals surface area contributed by atoms with Crippen LogP contribution in [0.25, 0.3) is 11.1 Å². The van der Waals surface area contributed by atoms with Crippen molar-refractivity contribution in [3.63, 3.8) is 0 Å². The summed E-state index contributed by atoms with van der Waals surface area (Å²) >= 11 is 0. The van der Waals surface area contributed by atoms with E-state index in [9.17, 15) is 4.57 Å². The van der Waals surface area contributed by atoms with E-state index < -0.39 is 0 Å². The highest BCUT2D eigenvalue weighted by atomic mass is 31.1. The number of hydrogen-bond acceptors (Lipinski definition) is 1. The monoisotopic (exact) mass is 228 g/mol. The van der Waals surface area contributed by atoms with E-state index in [0.717, 1.165) is 5.56 Å². The first-order chi connectivity index (χ1) is 7.83. The van der Waals surface area contributed by atoms with Crippen molar-refractivity contribution in [2.45, 2.75) is 13.1 Å². The molecule has 0 N–H and O–H groups in total. The van der Waals surface area contributed by atoms with Crippen molar-refractivity contribution in [3.8, 4) is 11.1 Å². The lowest BCUT2D eigenvalue weighted by Crippen LogP contribution is -1.88. The first-order valence-electron chi connectivity index (χ1n) is 5.26. The van der Waals surface area contributed by atoms with Gasteiger partial charge in [-0.05, 0) is 29.2 Å². The number of rotatable bonds is 3. The predicted molar refractivity (Wildman–Crippen MR) is 67.9 cm³/mol. The molecule has 0 aliphatic rings. The summed E-state index contributed by atoms with van der Waals surface area (Å²) in [7, 11) is 0.171. The largest absolute Gasteiger partial charge is 0.275 e. The van der Waals surface area contributed by atoms with E-state index in [1.54, 1.807) is 0 Å². The van der Waals surface area contributed by atoms with Gasteiger partial charge in [-0.25, -0.2) is 0 Å². The molecule has 2 heteroatoms. The first-order valence-corrected chi connectivity index (χ1v) is 6.25. The fourth-order valence-electron chi connectivity index (χ4n) is 1.87. The highest BCUT2D eigenvalue weighted by molar-refractivity contribution is 7.22. The molecule has 0 saturated carbocycles. The number of hydrogen-bond donors (Lipinski definition) is 0. The summed E-state index contributed by atoms with van der Waals surface area (Å²) < 4.78 is 10.7. The Morgan fingerprint density at radius 2 is 1.56 bits per heavy atom. The maximum absolute atomic E-state index is 10.7. The Hall–Kier alpha value is -1.46. The van der Waals surface area contributed by atoms with Crippen molar-refractivity contribution in [1.82, 2.24) is 0 Å². The molecular formula is C14H13OP. The fourth-order valence-corrected chi connectivity index (χ4v) is 2.28. The molecule has 0 unspecified atom stereocenters. The molecule has 0 fully saturated rings. The minimum absolute atomic E-state index is 0.171. The minimum atomic E-state index is 0.171. The second kappa shape index (κ2) is 5.05. The van der Waals surface area contributed by atoms with Crippen LogP contribution in [0, 0.1) is 6.92 Å². The molecule has 0 aliphatic heterocycles. The zero-order valence-corrected chi connectivity index (χ0v) is 10.1. The van der Waals surface area contributed by atoms with Gasteiger partial charge in [0, 0.05) is 0 Å². The van der Waals surface area contributed by atoms with Crippen molar-refractivity contribution >= 4 is 8.46 Å². The summed E-state index contributed by atoms with van der Waals surface area (Å²) in [5.74, 6) is 0. The Labute approximate surface area is 97.3 Å². The van der Waals surface area contributed by atoms with Crippen LogP contribution >= 0.6 is 8.46 Å². The van der Waals surface area contributed by atoms with Gasteiger partial charge in [-0.15, -0.1) is 0 Å². The van der Waals surface area contributed by atoms with E-state index in [1.807, 2.05) is 30.3 Å². The Morgan fingerprint density at radius 3 is 2.25 bits per heavy atom. The van der Waals surface area contributed by atoms with Gasteiger partial charge in [-0.1, -0.05) is 48.5 Å². The molecule has 2 aromatic rings. The van der Waals surface area contributed by atoms with Gasteiger partial charge in [0.15, 0.2) is 8.46 Å². The topological polar surface area (TPSA) is 17.1 Å². The smallest absolute Gasteiger partial charge is 0.160 e. The van der Waals surface area contributed by atoms with Crippen LogP contribution in [0.4, 0.5) is 0 Å². The van der Waals surface area contributed by atoms with Gasteiger partial charge in [-0.3, -0.25) is 4.57 Å². The fraction of sp³-hybridized carbons (Fsp3) is 0.143. The molecule has 0 aromatic heterocycles. The zero-order chi connectivity index (χ0) is 11.4. The maximum atomic E-state index is 10.7. The van der Waals surface area contributed by atoms with E-state index in [-0.39, 0.29) is 8.46 Å². The SMILES string of the molecule is Cc1ccccc1-c1ccccc1CP=O. The quantitative estimate of drug-likeness (QED) is 0.709. The summed E-state index contributed by atoms with van der Waals surface area (Å²) in [5, 5.41) is 0. The van der Waals surface area contributed by atoms with Gasteiger partial charge < -0.3 is 0 Å². The molecular weight excluding hydrogens is 215 g/mol. The van der Waals surface area contributed by atoms with E-state index in [1.165, 1.54) is 16.7 Å². The lowest BCUT2D eigenvalue weighted by molar-refractivity contribution is 0.598. The van der Waals surface area contributed by atoms with Crippen LogP contribution in [-0.4, -0.2) is 0 Å². The Balaban J connectivity index is 2.55. The van der Waals surface area contributed by atoms with Gasteiger partial charge in [-0.2, -0.15) is 0 Å². The van der Waals surface area contributed by atoms with Crippen LogP contribution in [0.15, 0.2) is 48.5 Å². The van der Waals surface area contributed by atoms with Crippen molar-refractivity contribution < 1.29 is 4.57 Å². The van der Waals surface area contributed by atoms with Crippen molar-refractivity contribution in [2.24, 2.45) is 0 Å². The normalized spacial score (nSPS) is 10.6. The average Bonchev–Trinajstić information content (AvgIpc) is 2.31. The second-order valence-corrected chi connectivity index (χ2v) is 4.33. The first kappa shape index (κ1) is 11.0. The molecule has 0 amide bonds. The minimum Gasteiger partial charge on any atom is -0.275 e. The van der Waals surface area contributed by atoms with Crippen LogP contribution in [0.3, 0.4) is 0 Å². The standard InChI is InChI=1S/C14H13OP/c1-11-6-2-4-8-13(11)14-9-5-3-7-12(14)10-16-15/h2-9H,10H2,1H3. The average molecular weight is 228 g/mol. The molecule has 0 radical (unpaired) electrons. The van der Waals surface area contributed by atoms with Crippen molar-refractivity contribution in [3.05, 3.63) is 59.7 Å². The van der Waals surface area contributed by atoms with Gasteiger partial charge in [0.1, 0.15) is 0 Å². The van der Waals surface area contributed by atoms with Gasteiger partial charge in [0.2, 0.25) is 0 Å². The molecule has 0 atom stereocenters. The molecule has 0 saturated heterocycles. The summed E-state index contributed by atoms with van der Waals surface area (Å²) in [6, 6.07) is 16.4. The second-order valence-electron chi connectivity index (χ2n) is 3.76. The van der Waals surface area contributed by atoms with Crippen LogP contribution in [0.2, 0.25) is 0 Å². The third-order valence-electron chi connectivity index (χ3n) is 2.69. The lowest BCUT2D eigenvalue weighted by atomic mass is 9.97. The van der Waals surface area contributed by atoms with Crippen LogP contribution in [0.1, 0.15) is 11.1 Å². The third kappa shape index (κ3) is 2.20. The molecule has 1 nitrogen and oxygen atoms in total. The molecule has 0 bridgehead atoms. The van der Waals surface area contributed by atoms with Crippen LogP contribution in [0.5, 0.6) is 0 Å². The van der Waals surface area contributed by atoms with E-state index in [0.29, 0.717) is 6.16 Å². The summed E-state index contributed by atoms with van der Waals surface area (Å²) in [6.07, 6.45) is 0.574. The molecule has 2 aromatic carbocycles. The molecule has 0 heterocycles. The predicted octanol–water partition coefficient (Wildman–Crippen LogP) is 4.45. The van der Waals surface area contributed by atoms with Crippen molar-refractivity contribution in [1.29, 1.82) is 0 Å². The van der Waals surface area contributed by atoms with Gasteiger partial charge in [0.05, 0.1) is 6.16 Å². The molecule has 16 heavy (non-hydrogen) atoms. The molecule has 80 valence electrons. The Bertz CT molecular complexity index is 506. The van der Waals surface area contributed by atoms with Crippen LogP contribution in [-0.2, 0) is 10.7 Å². The molecule has 2 rings (SSSR count). The third-order valence-corrected chi connectivity index (χ3v) is 3.16. The highest BCUT2D eigenvalue weighted by Crippen LogP contribution is 2.28. The Kier molecular flexibility index (Phi) is 3.48. The van der Waals surface area contributed by atoms with E-state index in [2.05, 4.69) is 25.1 Å². The maximum Gasteiger partial charge on any atom is 0.160 e. The number of benzene rings is 2. The van der Waals surface area contributed by atoms with Gasteiger partial charge in [0.25, 0.3) is 0 Å².